The average molecular weight is 342 g/mol. The third-order valence-electron chi connectivity index (χ3n) is 4.12. The van der Waals surface area contributed by atoms with Gasteiger partial charge in [0, 0.05) is 16.8 Å². The Balaban J connectivity index is 1.38. The minimum atomic E-state index is -0.116. The molecule has 4 heteroatoms. The number of ether oxygens (including phenoxy) is 1. The minimum absolute atomic E-state index is 0.116. The topological polar surface area (TPSA) is 54.1 Å². The van der Waals surface area contributed by atoms with Crippen molar-refractivity contribution >= 4 is 16.8 Å². The number of H-pyrrole nitrogens is 1. The molecular weight excluding hydrogens is 324 g/mol. The van der Waals surface area contributed by atoms with Gasteiger partial charge in [-0.3, -0.25) is 4.79 Å². The van der Waals surface area contributed by atoms with E-state index in [0.29, 0.717) is 17.9 Å². The summed E-state index contributed by atoms with van der Waals surface area (Å²) >= 11 is 0. The van der Waals surface area contributed by atoms with E-state index < -0.39 is 0 Å². The van der Waals surface area contributed by atoms with Gasteiger partial charge in [-0.15, -0.1) is 0 Å². The standard InChI is InChI=1S/C22H18N2O2/c25-22(23-15-18-14-17-6-4-5-9-21(17)24-18)16-10-12-20(13-11-16)26-19-7-2-1-3-8-19/h1-14,24H,15H2,(H,23,25). The normalized spacial score (nSPS) is 10.6. The molecular formula is C22H18N2O2. The molecule has 0 atom stereocenters. The first-order chi connectivity index (χ1) is 12.8. The van der Waals surface area contributed by atoms with Gasteiger partial charge in [-0.2, -0.15) is 0 Å². The van der Waals surface area contributed by atoms with Crippen molar-refractivity contribution in [3.63, 3.8) is 0 Å². The van der Waals surface area contributed by atoms with Crippen molar-refractivity contribution in [2.24, 2.45) is 0 Å². The van der Waals surface area contributed by atoms with Crippen molar-refractivity contribution in [2.75, 3.05) is 0 Å². The molecule has 2 N–H and O–H groups in total. The molecule has 128 valence electrons. The molecule has 1 aromatic heterocycles. The van der Waals surface area contributed by atoms with Gasteiger partial charge in [0.1, 0.15) is 11.5 Å². The number of para-hydroxylation sites is 2. The highest BCUT2D eigenvalue weighted by Crippen LogP contribution is 2.21. The second-order valence-electron chi connectivity index (χ2n) is 6.00. The predicted molar refractivity (Wildman–Crippen MR) is 102 cm³/mol. The van der Waals surface area contributed by atoms with Gasteiger partial charge >= 0.3 is 0 Å². The Labute approximate surface area is 151 Å². The van der Waals surface area contributed by atoms with E-state index >= 15 is 0 Å². The first-order valence-electron chi connectivity index (χ1n) is 8.46. The Kier molecular flexibility index (Phi) is 4.39. The molecule has 0 unspecified atom stereocenters. The van der Waals surface area contributed by atoms with Crippen LogP contribution in [-0.2, 0) is 6.54 Å². The van der Waals surface area contributed by atoms with Crippen LogP contribution in [0.4, 0.5) is 0 Å². The van der Waals surface area contributed by atoms with E-state index in [1.165, 1.54) is 0 Å². The summed E-state index contributed by atoms with van der Waals surface area (Å²) in [4.78, 5) is 15.6. The van der Waals surface area contributed by atoms with E-state index in [1.807, 2.05) is 60.7 Å². The molecule has 0 bridgehead atoms. The minimum Gasteiger partial charge on any atom is -0.457 e. The molecule has 1 amide bonds. The average Bonchev–Trinajstić information content (AvgIpc) is 3.10. The van der Waals surface area contributed by atoms with Crippen LogP contribution in [0.1, 0.15) is 16.1 Å². The SMILES string of the molecule is O=C(NCc1cc2ccccc2[nH]1)c1ccc(Oc2ccccc2)cc1. The molecule has 4 aromatic rings. The molecule has 0 aliphatic heterocycles. The molecule has 0 aliphatic rings. The summed E-state index contributed by atoms with van der Waals surface area (Å²) in [5.74, 6) is 1.35. The Morgan fingerprint density at radius 1 is 0.846 bits per heavy atom. The Morgan fingerprint density at radius 3 is 2.31 bits per heavy atom. The van der Waals surface area contributed by atoms with Gasteiger partial charge in [0.25, 0.3) is 5.91 Å². The molecule has 3 aromatic carbocycles. The first-order valence-corrected chi connectivity index (χ1v) is 8.46. The lowest BCUT2D eigenvalue weighted by Gasteiger charge is -2.07. The quantitative estimate of drug-likeness (QED) is 0.542. The molecule has 0 saturated heterocycles. The summed E-state index contributed by atoms with van der Waals surface area (Å²) in [7, 11) is 0. The number of fused-ring (bicyclic) bond motifs is 1. The van der Waals surface area contributed by atoms with Crippen LogP contribution in [0, 0.1) is 0 Å². The van der Waals surface area contributed by atoms with Crippen molar-refractivity contribution in [3.05, 3.63) is 96.2 Å². The molecule has 0 aliphatic carbocycles. The number of aromatic amines is 1. The van der Waals surface area contributed by atoms with Gasteiger partial charge in [0.15, 0.2) is 0 Å². The van der Waals surface area contributed by atoms with Crippen LogP contribution in [0.25, 0.3) is 10.9 Å². The number of nitrogens with one attached hydrogen (secondary N) is 2. The van der Waals surface area contributed by atoms with Crippen molar-refractivity contribution in [3.8, 4) is 11.5 Å². The summed E-state index contributed by atoms with van der Waals surface area (Å²) in [6, 6.07) is 26.8. The number of aromatic nitrogens is 1. The number of amides is 1. The smallest absolute Gasteiger partial charge is 0.251 e. The monoisotopic (exact) mass is 342 g/mol. The van der Waals surface area contributed by atoms with Gasteiger partial charge < -0.3 is 15.0 Å². The molecule has 0 radical (unpaired) electrons. The van der Waals surface area contributed by atoms with Crippen LogP contribution in [0.3, 0.4) is 0 Å². The van der Waals surface area contributed by atoms with Gasteiger partial charge in [-0.05, 0) is 53.9 Å². The van der Waals surface area contributed by atoms with E-state index in [1.54, 1.807) is 24.3 Å². The highest BCUT2D eigenvalue weighted by Gasteiger charge is 2.07. The lowest BCUT2D eigenvalue weighted by atomic mass is 10.2. The second kappa shape index (κ2) is 7.15. The van der Waals surface area contributed by atoms with Crippen molar-refractivity contribution in [1.82, 2.24) is 10.3 Å². The highest BCUT2D eigenvalue weighted by atomic mass is 16.5. The van der Waals surface area contributed by atoms with E-state index in [4.69, 9.17) is 4.74 Å². The number of hydrogen-bond acceptors (Lipinski definition) is 2. The number of benzene rings is 3. The Morgan fingerprint density at radius 2 is 1.54 bits per heavy atom. The number of carbonyl (C=O) groups is 1. The maximum atomic E-state index is 12.3. The van der Waals surface area contributed by atoms with E-state index in [2.05, 4.69) is 10.3 Å². The van der Waals surface area contributed by atoms with Crippen LogP contribution in [-0.4, -0.2) is 10.9 Å². The zero-order valence-corrected chi connectivity index (χ0v) is 14.1. The molecule has 26 heavy (non-hydrogen) atoms. The van der Waals surface area contributed by atoms with Crippen LogP contribution in [0.15, 0.2) is 84.9 Å². The van der Waals surface area contributed by atoms with Crippen molar-refractivity contribution in [1.29, 1.82) is 0 Å². The van der Waals surface area contributed by atoms with E-state index in [0.717, 1.165) is 22.3 Å². The maximum Gasteiger partial charge on any atom is 0.251 e. The van der Waals surface area contributed by atoms with Crippen LogP contribution in [0.5, 0.6) is 11.5 Å². The lowest BCUT2D eigenvalue weighted by molar-refractivity contribution is 0.0950. The van der Waals surface area contributed by atoms with Crippen LogP contribution >= 0.6 is 0 Å². The maximum absolute atomic E-state index is 12.3. The van der Waals surface area contributed by atoms with E-state index in [9.17, 15) is 4.79 Å². The van der Waals surface area contributed by atoms with Gasteiger partial charge in [-0.1, -0.05) is 36.4 Å². The fourth-order valence-corrected chi connectivity index (χ4v) is 2.81. The Hall–Kier alpha value is -3.53. The number of rotatable bonds is 5. The fraction of sp³-hybridized carbons (Fsp3) is 0.0455. The summed E-state index contributed by atoms with van der Waals surface area (Å²) in [5, 5.41) is 4.07. The lowest BCUT2D eigenvalue weighted by Crippen LogP contribution is -2.22. The van der Waals surface area contributed by atoms with Crippen LogP contribution < -0.4 is 10.1 Å². The van der Waals surface area contributed by atoms with Crippen molar-refractivity contribution < 1.29 is 9.53 Å². The fourth-order valence-electron chi connectivity index (χ4n) is 2.81. The largest absolute Gasteiger partial charge is 0.457 e. The third kappa shape index (κ3) is 3.59. The zero-order valence-electron chi connectivity index (χ0n) is 14.1. The summed E-state index contributed by atoms with van der Waals surface area (Å²) < 4.78 is 5.74. The molecule has 0 spiro atoms. The summed E-state index contributed by atoms with van der Waals surface area (Å²) in [5.41, 5.74) is 2.64. The predicted octanol–water partition coefficient (Wildman–Crippen LogP) is 4.89. The summed E-state index contributed by atoms with van der Waals surface area (Å²) in [6.45, 7) is 0.454. The van der Waals surface area contributed by atoms with Gasteiger partial charge in [0.05, 0.1) is 6.54 Å². The number of hydrogen-bond donors (Lipinski definition) is 2. The summed E-state index contributed by atoms with van der Waals surface area (Å²) in [6.07, 6.45) is 0. The Bertz CT molecular complexity index is 988. The molecule has 0 fully saturated rings. The first kappa shape index (κ1) is 16.0. The molecule has 0 saturated carbocycles. The molecule has 4 nitrogen and oxygen atoms in total. The van der Waals surface area contributed by atoms with Gasteiger partial charge in [-0.25, -0.2) is 0 Å². The van der Waals surface area contributed by atoms with Crippen molar-refractivity contribution in [2.45, 2.75) is 6.54 Å². The molecule has 1 heterocycles. The van der Waals surface area contributed by atoms with Gasteiger partial charge in [0.2, 0.25) is 0 Å². The second-order valence-corrected chi connectivity index (χ2v) is 6.00. The van der Waals surface area contributed by atoms with Crippen LogP contribution in [0.2, 0.25) is 0 Å². The van der Waals surface area contributed by atoms with E-state index in [-0.39, 0.29) is 5.91 Å². The highest BCUT2D eigenvalue weighted by molar-refractivity contribution is 5.94. The molecule has 4 rings (SSSR count). The third-order valence-corrected chi connectivity index (χ3v) is 4.12. The zero-order chi connectivity index (χ0) is 17.8. The number of carbonyl (C=O) groups excluding carboxylic acids is 1.